The molecule has 1 rings (SSSR count). The summed E-state index contributed by atoms with van der Waals surface area (Å²) in [5.74, 6) is 0.125. The second kappa shape index (κ2) is 4.68. The SMILES string of the molecule is COc1cc([N+](=O)[O-])cc(S(=O)(=O)N(C)C)c1. The summed E-state index contributed by atoms with van der Waals surface area (Å²) in [5.41, 5.74) is -0.329. The zero-order valence-electron chi connectivity index (χ0n) is 9.58. The van der Waals surface area contributed by atoms with Gasteiger partial charge in [-0.1, -0.05) is 0 Å². The van der Waals surface area contributed by atoms with Crippen LogP contribution in [-0.2, 0) is 10.0 Å². The highest BCUT2D eigenvalue weighted by Crippen LogP contribution is 2.26. The summed E-state index contributed by atoms with van der Waals surface area (Å²) in [5, 5.41) is 10.7. The van der Waals surface area contributed by atoms with Gasteiger partial charge < -0.3 is 4.74 Å². The van der Waals surface area contributed by atoms with Gasteiger partial charge in [-0.2, -0.15) is 0 Å². The molecule has 0 atom stereocenters. The summed E-state index contributed by atoms with van der Waals surface area (Å²) in [7, 11) is 0.290. The fraction of sp³-hybridized carbons (Fsp3) is 0.333. The molecule has 0 bridgehead atoms. The third-order valence-corrected chi connectivity index (χ3v) is 3.88. The van der Waals surface area contributed by atoms with Gasteiger partial charge in [0.25, 0.3) is 5.69 Å². The molecule has 0 unspecified atom stereocenters. The van der Waals surface area contributed by atoms with Crippen LogP contribution in [0.4, 0.5) is 5.69 Å². The Morgan fingerprint density at radius 1 is 1.29 bits per heavy atom. The minimum Gasteiger partial charge on any atom is -0.496 e. The van der Waals surface area contributed by atoms with Crippen molar-refractivity contribution in [1.29, 1.82) is 0 Å². The quantitative estimate of drug-likeness (QED) is 0.591. The topological polar surface area (TPSA) is 89.7 Å². The van der Waals surface area contributed by atoms with Crippen LogP contribution >= 0.6 is 0 Å². The van der Waals surface area contributed by atoms with E-state index >= 15 is 0 Å². The van der Waals surface area contributed by atoms with E-state index in [2.05, 4.69) is 0 Å². The minimum atomic E-state index is -3.72. The molecule has 0 radical (unpaired) electrons. The van der Waals surface area contributed by atoms with Crippen molar-refractivity contribution in [3.05, 3.63) is 28.3 Å². The number of nitrogens with zero attached hydrogens (tertiary/aromatic N) is 2. The first-order chi connectivity index (χ1) is 7.78. The number of sulfonamides is 1. The first-order valence-electron chi connectivity index (χ1n) is 4.55. The highest BCUT2D eigenvalue weighted by atomic mass is 32.2. The average molecular weight is 260 g/mol. The Labute approximate surface area is 98.8 Å². The standard InChI is InChI=1S/C9H12N2O5S/c1-10(2)17(14,15)9-5-7(11(12)13)4-8(6-9)16-3/h4-6H,1-3H3. The van der Waals surface area contributed by atoms with Crippen LogP contribution in [0.1, 0.15) is 0 Å². The number of rotatable bonds is 4. The largest absolute Gasteiger partial charge is 0.496 e. The van der Waals surface area contributed by atoms with Crippen molar-refractivity contribution in [2.75, 3.05) is 21.2 Å². The molecule has 0 heterocycles. The maximum absolute atomic E-state index is 11.8. The van der Waals surface area contributed by atoms with E-state index in [-0.39, 0.29) is 16.3 Å². The fourth-order valence-electron chi connectivity index (χ4n) is 1.14. The molecule has 0 aliphatic carbocycles. The molecule has 0 fully saturated rings. The summed E-state index contributed by atoms with van der Waals surface area (Å²) in [6, 6.07) is 3.40. The van der Waals surface area contributed by atoms with E-state index in [4.69, 9.17) is 4.74 Å². The van der Waals surface area contributed by atoms with Crippen molar-refractivity contribution in [3.8, 4) is 5.75 Å². The Balaban J connectivity index is 3.45. The monoisotopic (exact) mass is 260 g/mol. The zero-order valence-corrected chi connectivity index (χ0v) is 10.4. The molecule has 0 aliphatic heterocycles. The smallest absolute Gasteiger partial charge is 0.274 e. The molecular weight excluding hydrogens is 248 g/mol. The van der Waals surface area contributed by atoms with Gasteiger partial charge in [0.05, 0.1) is 23.0 Å². The van der Waals surface area contributed by atoms with Crippen molar-refractivity contribution < 1.29 is 18.1 Å². The Hall–Kier alpha value is -1.67. The third-order valence-electron chi connectivity index (χ3n) is 2.09. The summed E-state index contributed by atoms with van der Waals surface area (Å²) >= 11 is 0. The molecule has 1 aromatic rings. The van der Waals surface area contributed by atoms with Crippen LogP contribution in [-0.4, -0.2) is 38.9 Å². The van der Waals surface area contributed by atoms with E-state index in [1.807, 2.05) is 0 Å². The van der Waals surface area contributed by atoms with Gasteiger partial charge in [0, 0.05) is 26.2 Å². The lowest BCUT2D eigenvalue weighted by Crippen LogP contribution is -2.22. The van der Waals surface area contributed by atoms with E-state index in [0.29, 0.717) is 0 Å². The predicted octanol–water partition coefficient (Wildman–Crippen LogP) is 0.854. The van der Waals surface area contributed by atoms with Crippen molar-refractivity contribution in [1.82, 2.24) is 4.31 Å². The molecular formula is C9H12N2O5S. The maximum atomic E-state index is 11.8. The molecule has 0 saturated heterocycles. The lowest BCUT2D eigenvalue weighted by atomic mass is 10.3. The minimum absolute atomic E-state index is 0.125. The average Bonchev–Trinajstić information content (AvgIpc) is 2.27. The first kappa shape index (κ1) is 13.4. The molecule has 8 heteroatoms. The van der Waals surface area contributed by atoms with Crippen LogP contribution in [0.2, 0.25) is 0 Å². The summed E-state index contributed by atoms with van der Waals surface area (Å²) in [6.07, 6.45) is 0. The fourth-order valence-corrected chi connectivity index (χ4v) is 2.10. The molecule has 0 amide bonds. The highest BCUT2D eigenvalue weighted by molar-refractivity contribution is 7.89. The van der Waals surface area contributed by atoms with Crippen LogP contribution < -0.4 is 4.74 Å². The van der Waals surface area contributed by atoms with E-state index in [1.165, 1.54) is 27.3 Å². The molecule has 7 nitrogen and oxygen atoms in total. The normalized spacial score (nSPS) is 11.5. The summed E-state index contributed by atoms with van der Waals surface area (Å²) in [4.78, 5) is 9.82. The first-order valence-corrected chi connectivity index (χ1v) is 5.99. The number of ether oxygens (including phenoxy) is 1. The molecule has 0 spiro atoms. The van der Waals surface area contributed by atoms with Crippen molar-refractivity contribution in [3.63, 3.8) is 0 Å². The van der Waals surface area contributed by atoms with E-state index in [1.54, 1.807) is 0 Å². The number of hydrogen-bond acceptors (Lipinski definition) is 5. The van der Waals surface area contributed by atoms with Gasteiger partial charge >= 0.3 is 0 Å². The number of non-ortho nitro benzene ring substituents is 1. The van der Waals surface area contributed by atoms with Gasteiger partial charge in [-0.15, -0.1) is 0 Å². The third kappa shape index (κ3) is 2.71. The van der Waals surface area contributed by atoms with Crippen molar-refractivity contribution >= 4 is 15.7 Å². The number of methoxy groups -OCH3 is 1. The van der Waals surface area contributed by atoms with E-state index in [9.17, 15) is 18.5 Å². The second-order valence-electron chi connectivity index (χ2n) is 3.41. The van der Waals surface area contributed by atoms with Crippen LogP contribution in [0.15, 0.2) is 23.1 Å². The highest BCUT2D eigenvalue weighted by Gasteiger charge is 2.22. The van der Waals surface area contributed by atoms with E-state index < -0.39 is 14.9 Å². The Morgan fingerprint density at radius 3 is 2.29 bits per heavy atom. The molecule has 0 N–H and O–H groups in total. The molecule has 94 valence electrons. The molecule has 0 aliphatic rings. The van der Waals surface area contributed by atoms with Crippen molar-refractivity contribution in [2.24, 2.45) is 0 Å². The number of benzene rings is 1. The van der Waals surface area contributed by atoms with Crippen LogP contribution in [0, 0.1) is 10.1 Å². The summed E-state index contributed by atoms with van der Waals surface area (Å²) in [6.45, 7) is 0. The number of hydrogen-bond donors (Lipinski definition) is 0. The number of nitro benzene ring substituents is 1. The Morgan fingerprint density at radius 2 is 1.88 bits per heavy atom. The Kier molecular flexibility index (Phi) is 3.69. The zero-order chi connectivity index (χ0) is 13.2. The van der Waals surface area contributed by atoms with E-state index in [0.717, 1.165) is 16.4 Å². The van der Waals surface area contributed by atoms with Crippen LogP contribution in [0.25, 0.3) is 0 Å². The second-order valence-corrected chi connectivity index (χ2v) is 5.56. The van der Waals surface area contributed by atoms with Crippen molar-refractivity contribution in [2.45, 2.75) is 4.90 Å². The van der Waals surface area contributed by atoms with Gasteiger partial charge in [-0.05, 0) is 0 Å². The molecule has 17 heavy (non-hydrogen) atoms. The molecule has 1 aromatic carbocycles. The number of nitro groups is 1. The molecule has 0 aromatic heterocycles. The Bertz CT molecular complexity index is 538. The lowest BCUT2D eigenvalue weighted by Gasteiger charge is -2.11. The van der Waals surface area contributed by atoms with Gasteiger partial charge in [0.15, 0.2) is 0 Å². The predicted molar refractivity (Wildman–Crippen MR) is 60.5 cm³/mol. The van der Waals surface area contributed by atoms with Gasteiger partial charge in [-0.3, -0.25) is 10.1 Å². The van der Waals surface area contributed by atoms with Crippen LogP contribution in [0.5, 0.6) is 5.75 Å². The van der Waals surface area contributed by atoms with Gasteiger partial charge in [0.1, 0.15) is 5.75 Å². The van der Waals surface area contributed by atoms with Gasteiger partial charge in [0.2, 0.25) is 10.0 Å². The van der Waals surface area contributed by atoms with Gasteiger partial charge in [-0.25, -0.2) is 12.7 Å². The summed E-state index contributed by atoms with van der Waals surface area (Å²) < 4.78 is 29.5. The molecule has 0 saturated carbocycles. The maximum Gasteiger partial charge on any atom is 0.274 e. The van der Waals surface area contributed by atoms with Crippen LogP contribution in [0.3, 0.4) is 0 Å². The lowest BCUT2D eigenvalue weighted by molar-refractivity contribution is -0.385.